The zero-order valence-corrected chi connectivity index (χ0v) is 11.4. The van der Waals surface area contributed by atoms with Gasteiger partial charge < -0.3 is 10.0 Å². The third-order valence-corrected chi connectivity index (χ3v) is 3.39. The standard InChI is InChI=1S/C16H13N3O2/c1-19(12-8-6-11(7-9-12)16(20)21)15-10-17-18-14-5-3-2-4-13(14)15/h2-10H,1H3,(H,20,21). The van der Waals surface area contributed by atoms with Crippen molar-refractivity contribution in [3.63, 3.8) is 0 Å². The van der Waals surface area contributed by atoms with Crippen LogP contribution in [-0.4, -0.2) is 28.3 Å². The first-order chi connectivity index (χ1) is 10.2. The number of carboxylic acids is 1. The fourth-order valence-electron chi connectivity index (χ4n) is 2.23. The number of carboxylic acid groups (broad SMARTS) is 1. The van der Waals surface area contributed by atoms with E-state index in [0.29, 0.717) is 0 Å². The van der Waals surface area contributed by atoms with E-state index in [-0.39, 0.29) is 5.56 Å². The number of aromatic carboxylic acids is 1. The Labute approximate surface area is 121 Å². The maximum atomic E-state index is 10.9. The average molecular weight is 279 g/mol. The summed E-state index contributed by atoms with van der Waals surface area (Å²) in [6.45, 7) is 0. The molecule has 3 rings (SSSR count). The minimum Gasteiger partial charge on any atom is -0.478 e. The van der Waals surface area contributed by atoms with Crippen LogP contribution in [0.15, 0.2) is 54.7 Å². The second kappa shape index (κ2) is 5.20. The quantitative estimate of drug-likeness (QED) is 0.798. The third-order valence-electron chi connectivity index (χ3n) is 3.39. The van der Waals surface area contributed by atoms with Gasteiger partial charge in [0.2, 0.25) is 0 Å². The molecule has 1 aromatic heterocycles. The summed E-state index contributed by atoms with van der Waals surface area (Å²) in [7, 11) is 1.92. The number of benzene rings is 2. The van der Waals surface area contributed by atoms with Gasteiger partial charge in [-0.2, -0.15) is 10.2 Å². The molecule has 21 heavy (non-hydrogen) atoms. The van der Waals surface area contributed by atoms with Gasteiger partial charge in [-0.15, -0.1) is 0 Å². The molecule has 1 heterocycles. The van der Waals surface area contributed by atoms with E-state index in [0.717, 1.165) is 22.3 Å². The highest BCUT2D eigenvalue weighted by atomic mass is 16.4. The molecule has 0 amide bonds. The van der Waals surface area contributed by atoms with Crippen molar-refractivity contribution in [3.05, 3.63) is 60.3 Å². The highest BCUT2D eigenvalue weighted by Gasteiger charge is 2.10. The third kappa shape index (κ3) is 2.41. The van der Waals surface area contributed by atoms with E-state index in [1.807, 2.05) is 36.2 Å². The molecule has 0 aliphatic heterocycles. The maximum Gasteiger partial charge on any atom is 0.335 e. The Kier molecular flexibility index (Phi) is 3.23. The van der Waals surface area contributed by atoms with Crippen LogP contribution in [0, 0.1) is 0 Å². The van der Waals surface area contributed by atoms with Crippen molar-refractivity contribution in [1.29, 1.82) is 0 Å². The van der Waals surface area contributed by atoms with E-state index in [9.17, 15) is 4.79 Å². The fraction of sp³-hybridized carbons (Fsp3) is 0.0625. The maximum absolute atomic E-state index is 10.9. The molecule has 0 atom stereocenters. The molecule has 3 aromatic rings. The summed E-state index contributed by atoms with van der Waals surface area (Å²) in [4.78, 5) is 12.9. The van der Waals surface area contributed by atoms with Gasteiger partial charge in [-0.1, -0.05) is 18.2 Å². The lowest BCUT2D eigenvalue weighted by molar-refractivity contribution is 0.0697. The summed E-state index contributed by atoms with van der Waals surface area (Å²) >= 11 is 0. The number of hydrogen-bond acceptors (Lipinski definition) is 4. The van der Waals surface area contributed by atoms with Crippen molar-refractivity contribution < 1.29 is 9.90 Å². The van der Waals surface area contributed by atoms with E-state index in [4.69, 9.17) is 5.11 Å². The molecule has 0 saturated carbocycles. The zero-order valence-electron chi connectivity index (χ0n) is 11.4. The number of rotatable bonds is 3. The topological polar surface area (TPSA) is 66.3 Å². The largest absolute Gasteiger partial charge is 0.478 e. The van der Waals surface area contributed by atoms with Gasteiger partial charge in [0.05, 0.1) is 23.0 Å². The van der Waals surface area contributed by atoms with Gasteiger partial charge >= 0.3 is 5.97 Å². The van der Waals surface area contributed by atoms with E-state index in [1.54, 1.807) is 30.5 Å². The van der Waals surface area contributed by atoms with Crippen molar-refractivity contribution in [2.45, 2.75) is 0 Å². The number of fused-ring (bicyclic) bond motifs is 1. The van der Waals surface area contributed by atoms with Crippen molar-refractivity contribution in [1.82, 2.24) is 10.2 Å². The number of anilines is 2. The first kappa shape index (κ1) is 13.1. The molecule has 5 nitrogen and oxygen atoms in total. The minimum atomic E-state index is -0.930. The first-order valence-corrected chi connectivity index (χ1v) is 6.44. The highest BCUT2D eigenvalue weighted by molar-refractivity contribution is 5.93. The molecule has 0 aliphatic carbocycles. The van der Waals surface area contributed by atoms with Crippen LogP contribution < -0.4 is 4.90 Å². The predicted octanol–water partition coefficient (Wildman–Crippen LogP) is 3.10. The number of carbonyl (C=O) groups is 1. The molecule has 5 heteroatoms. The van der Waals surface area contributed by atoms with Gasteiger partial charge in [0.1, 0.15) is 0 Å². The Hall–Kier alpha value is -2.95. The van der Waals surface area contributed by atoms with Gasteiger partial charge in [-0.3, -0.25) is 0 Å². The Morgan fingerprint density at radius 1 is 1.10 bits per heavy atom. The second-order valence-electron chi connectivity index (χ2n) is 4.66. The molecule has 0 bridgehead atoms. The van der Waals surface area contributed by atoms with E-state index >= 15 is 0 Å². The van der Waals surface area contributed by atoms with Gasteiger partial charge in [0, 0.05) is 18.1 Å². The molecule has 0 unspecified atom stereocenters. The van der Waals surface area contributed by atoms with E-state index in [1.165, 1.54) is 0 Å². The molecule has 2 aromatic carbocycles. The molecule has 0 saturated heterocycles. The van der Waals surface area contributed by atoms with Crippen LogP contribution >= 0.6 is 0 Å². The highest BCUT2D eigenvalue weighted by Crippen LogP contribution is 2.29. The lowest BCUT2D eigenvalue weighted by Gasteiger charge is -2.20. The lowest BCUT2D eigenvalue weighted by Crippen LogP contribution is -2.11. The number of hydrogen-bond donors (Lipinski definition) is 1. The smallest absolute Gasteiger partial charge is 0.335 e. The molecule has 0 aliphatic rings. The van der Waals surface area contributed by atoms with Crippen LogP contribution in [0.1, 0.15) is 10.4 Å². The van der Waals surface area contributed by atoms with Gasteiger partial charge in [0.25, 0.3) is 0 Å². The Morgan fingerprint density at radius 2 is 1.81 bits per heavy atom. The normalized spacial score (nSPS) is 10.5. The van der Waals surface area contributed by atoms with E-state index < -0.39 is 5.97 Å². The Morgan fingerprint density at radius 3 is 2.52 bits per heavy atom. The zero-order chi connectivity index (χ0) is 14.8. The van der Waals surface area contributed by atoms with Crippen LogP contribution in [0.4, 0.5) is 11.4 Å². The van der Waals surface area contributed by atoms with Crippen molar-refractivity contribution >= 4 is 28.2 Å². The fourth-order valence-corrected chi connectivity index (χ4v) is 2.23. The summed E-state index contributed by atoms with van der Waals surface area (Å²) in [6.07, 6.45) is 1.70. The summed E-state index contributed by atoms with van der Waals surface area (Å²) in [6, 6.07) is 14.5. The summed E-state index contributed by atoms with van der Waals surface area (Å²) in [5.74, 6) is -0.930. The summed E-state index contributed by atoms with van der Waals surface area (Å²) in [5.41, 5.74) is 2.90. The second-order valence-corrected chi connectivity index (χ2v) is 4.66. The lowest BCUT2D eigenvalue weighted by atomic mass is 10.1. The summed E-state index contributed by atoms with van der Waals surface area (Å²) in [5, 5.41) is 18.1. The van der Waals surface area contributed by atoms with E-state index in [2.05, 4.69) is 10.2 Å². The Balaban J connectivity index is 2.04. The van der Waals surface area contributed by atoms with Gasteiger partial charge in [-0.25, -0.2) is 4.79 Å². The van der Waals surface area contributed by atoms with Gasteiger partial charge in [-0.05, 0) is 30.3 Å². The SMILES string of the molecule is CN(c1ccc(C(=O)O)cc1)c1cnnc2ccccc12. The number of aromatic nitrogens is 2. The van der Waals surface area contributed by atoms with Crippen LogP contribution in [0.25, 0.3) is 10.9 Å². The molecular formula is C16H13N3O2. The molecular weight excluding hydrogens is 266 g/mol. The van der Waals surface area contributed by atoms with Crippen LogP contribution in [0.2, 0.25) is 0 Å². The number of nitrogens with zero attached hydrogens (tertiary/aromatic N) is 3. The van der Waals surface area contributed by atoms with Crippen molar-refractivity contribution in [2.24, 2.45) is 0 Å². The molecule has 104 valence electrons. The van der Waals surface area contributed by atoms with Crippen molar-refractivity contribution in [2.75, 3.05) is 11.9 Å². The minimum absolute atomic E-state index is 0.268. The Bertz CT molecular complexity index is 795. The monoisotopic (exact) mass is 279 g/mol. The van der Waals surface area contributed by atoms with Crippen LogP contribution in [0.3, 0.4) is 0 Å². The predicted molar refractivity (Wildman–Crippen MR) is 81.0 cm³/mol. The van der Waals surface area contributed by atoms with Crippen molar-refractivity contribution in [3.8, 4) is 0 Å². The van der Waals surface area contributed by atoms with Crippen LogP contribution in [-0.2, 0) is 0 Å². The first-order valence-electron chi connectivity index (χ1n) is 6.44. The molecule has 0 fully saturated rings. The van der Waals surface area contributed by atoms with Crippen LogP contribution in [0.5, 0.6) is 0 Å². The average Bonchev–Trinajstić information content (AvgIpc) is 2.53. The van der Waals surface area contributed by atoms with Gasteiger partial charge in [0.15, 0.2) is 0 Å². The molecule has 0 spiro atoms. The molecule has 1 N–H and O–H groups in total. The molecule has 0 radical (unpaired) electrons. The summed E-state index contributed by atoms with van der Waals surface area (Å²) < 4.78 is 0.